The summed E-state index contributed by atoms with van der Waals surface area (Å²) in [5.41, 5.74) is 16.3. The maximum Gasteiger partial charge on any atom is 0.0547 e. The first kappa shape index (κ1) is 35.2. The van der Waals surface area contributed by atoms with E-state index < -0.39 is 0 Å². The van der Waals surface area contributed by atoms with Gasteiger partial charge in [-0.05, 0) is 81.1 Å². The van der Waals surface area contributed by atoms with Gasteiger partial charge in [-0.2, -0.15) is 0 Å². The van der Waals surface area contributed by atoms with E-state index in [1.165, 1.54) is 71.5 Å². The number of nitrogens with zero attached hydrogens (tertiary/aromatic N) is 2. The Labute approximate surface area is 350 Å². The highest BCUT2D eigenvalue weighted by Gasteiger charge is 2.24. The summed E-state index contributed by atoms with van der Waals surface area (Å²) in [6.45, 7) is 0. The number of benzene rings is 10. The van der Waals surface area contributed by atoms with Crippen LogP contribution >= 0.6 is 0 Å². The Hall–Kier alpha value is -7.94. The third-order valence-corrected chi connectivity index (χ3v) is 11.8. The molecule has 0 aliphatic carbocycles. The largest absolute Gasteiger partial charge is 0.309 e. The lowest BCUT2D eigenvalue weighted by molar-refractivity contribution is 1.18. The van der Waals surface area contributed by atoms with Crippen molar-refractivity contribution in [3.05, 3.63) is 243 Å². The average molecular weight is 765 g/mol. The van der Waals surface area contributed by atoms with Crippen LogP contribution in [0.1, 0.15) is 0 Å². The molecule has 0 N–H and O–H groups in total. The molecule has 0 unspecified atom stereocenters. The van der Waals surface area contributed by atoms with Gasteiger partial charge < -0.3 is 9.47 Å². The predicted octanol–water partition coefficient (Wildman–Crippen LogP) is 16.1. The topological polar surface area (TPSA) is 8.17 Å². The summed E-state index contributed by atoms with van der Waals surface area (Å²) in [6.07, 6.45) is 0. The molecule has 2 heteroatoms. The number of hydrogen-bond acceptors (Lipinski definition) is 1. The first-order valence-corrected chi connectivity index (χ1v) is 20.6. The van der Waals surface area contributed by atoms with Crippen LogP contribution in [-0.4, -0.2) is 4.57 Å². The van der Waals surface area contributed by atoms with Crippen molar-refractivity contribution >= 4 is 49.6 Å². The fraction of sp³-hybridized carbons (Fsp3) is 0. The third kappa shape index (κ3) is 6.06. The molecule has 0 fully saturated rings. The van der Waals surface area contributed by atoms with Crippen molar-refractivity contribution in [3.8, 4) is 50.2 Å². The van der Waals surface area contributed by atoms with Gasteiger partial charge in [-0.25, -0.2) is 0 Å². The van der Waals surface area contributed by atoms with Crippen LogP contribution < -0.4 is 4.90 Å². The van der Waals surface area contributed by atoms with Crippen molar-refractivity contribution < 1.29 is 0 Å². The molecule has 0 spiro atoms. The fourth-order valence-electron chi connectivity index (χ4n) is 9.14. The van der Waals surface area contributed by atoms with Gasteiger partial charge in [0.1, 0.15) is 0 Å². The monoisotopic (exact) mass is 764 g/mol. The van der Waals surface area contributed by atoms with E-state index in [2.05, 4.69) is 252 Å². The zero-order valence-corrected chi connectivity index (χ0v) is 33.0. The van der Waals surface area contributed by atoms with Crippen LogP contribution in [0, 0.1) is 0 Å². The minimum atomic E-state index is 1.08. The first-order valence-electron chi connectivity index (χ1n) is 20.6. The van der Waals surface area contributed by atoms with E-state index in [1.807, 2.05) is 0 Å². The molecule has 0 bridgehead atoms. The molecule has 0 saturated heterocycles. The third-order valence-electron chi connectivity index (χ3n) is 11.8. The molecule has 2 nitrogen and oxygen atoms in total. The smallest absolute Gasteiger partial charge is 0.0547 e. The second kappa shape index (κ2) is 15.1. The van der Waals surface area contributed by atoms with E-state index in [9.17, 15) is 0 Å². The standard InChI is InChI=1S/C58H40N2/c1-3-19-42(20-4-1)48-26-9-13-32-53(48)59(45-39-37-44(38-40-45)47-30-17-24-41-23-7-8-25-46(41)47)55-34-15-11-28-50(55)51-31-18-36-57-58(51)52-29-12-16-35-56(52)60(57)54-33-14-10-27-49(54)43-21-5-2-6-22-43/h1-40H. The molecule has 0 atom stereocenters. The molecular weight excluding hydrogens is 725 g/mol. The SMILES string of the molecule is c1ccc(-c2ccccc2N(c2ccc(-c3cccc4ccccc34)cc2)c2ccccc2-c2cccc3c2c2ccccc2n3-c2ccccc2-c2ccccc2)cc1. The molecule has 1 aromatic heterocycles. The van der Waals surface area contributed by atoms with Gasteiger partial charge in [0, 0.05) is 33.2 Å². The Morgan fingerprint density at radius 3 is 1.53 bits per heavy atom. The van der Waals surface area contributed by atoms with Gasteiger partial charge >= 0.3 is 0 Å². The van der Waals surface area contributed by atoms with Gasteiger partial charge in [-0.15, -0.1) is 0 Å². The van der Waals surface area contributed by atoms with Crippen molar-refractivity contribution in [2.24, 2.45) is 0 Å². The molecule has 11 rings (SSSR count). The molecule has 0 saturated carbocycles. The predicted molar refractivity (Wildman–Crippen MR) is 255 cm³/mol. The van der Waals surface area contributed by atoms with Crippen molar-refractivity contribution in [3.63, 3.8) is 0 Å². The molecule has 0 aliphatic heterocycles. The van der Waals surface area contributed by atoms with Crippen LogP contribution in [0.2, 0.25) is 0 Å². The summed E-state index contributed by atoms with van der Waals surface area (Å²) in [5, 5.41) is 4.94. The van der Waals surface area contributed by atoms with E-state index in [0.717, 1.165) is 28.3 Å². The lowest BCUT2D eigenvalue weighted by Crippen LogP contribution is -2.12. The van der Waals surface area contributed by atoms with Gasteiger partial charge in [0.25, 0.3) is 0 Å². The number of para-hydroxylation sites is 4. The van der Waals surface area contributed by atoms with E-state index in [4.69, 9.17) is 0 Å². The summed E-state index contributed by atoms with van der Waals surface area (Å²) in [5.74, 6) is 0. The second-order valence-electron chi connectivity index (χ2n) is 15.2. The Morgan fingerprint density at radius 1 is 0.283 bits per heavy atom. The van der Waals surface area contributed by atoms with E-state index >= 15 is 0 Å². The molecule has 0 amide bonds. The van der Waals surface area contributed by atoms with Crippen LogP contribution in [0.5, 0.6) is 0 Å². The number of rotatable bonds is 8. The lowest BCUT2D eigenvalue weighted by Gasteiger charge is -2.30. The van der Waals surface area contributed by atoms with Gasteiger partial charge in [0.05, 0.1) is 28.1 Å². The summed E-state index contributed by atoms with van der Waals surface area (Å²) >= 11 is 0. The van der Waals surface area contributed by atoms with Crippen LogP contribution in [0.25, 0.3) is 82.8 Å². The van der Waals surface area contributed by atoms with E-state index in [1.54, 1.807) is 0 Å². The van der Waals surface area contributed by atoms with Gasteiger partial charge in [0.15, 0.2) is 0 Å². The zero-order valence-electron chi connectivity index (χ0n) is 33.0. The molecule has 0 aliphatic rings. The van der Waals surface area contributed by atoms with Gasteiger partial charge in [-0.3, -0.25) is 0 Å². The maximum atomic E-state index is 2.45. The average Bonchev–Trinajstić information content (AvgIpc) is 3.67. The highest BCUT2D eigenvalue weighted by molar-refractivity contribution is 6.17. The van der Waals surface area contributed by atoms with Crippen molar-refractivity contribution in [1.82, 2.24) is 4.57 Å². The molecule has 282 valence electrons. The minimum Gasteiger partial charge on any atom is -0.309 e. The van der Waals surface area contributed by atoms with E-state index in [-0.39, 0.29) is 0 Å². The van der Waals surface area contributed by atoms with Crippen molar-refractivity contribution in [2.45, 2.75) is 0 Å². The summed E-state index contributed by atoms with van der Waals surface area (Å²) in [4.78, 5) is 2.45. The lowest BCUT2D eigenvalue weighted by atomic mass is 9.95. The second-order valence-corrected chi connectivity index (χ2v) is 15.2. The molecule has 60 heavy (non-hydrogen) atoms. The van der Waals surface area contributed by atoms with Crippen LogP contribution in [0.15, 0.2) is 243 Å². The summed E-state index contributed by atoms with van der Waals surface area (Å²) in [7, 11) is 0. The van der Waals surface area contributed by atoms with Gasteiger partial charge in [-0.1, -0.05) is 200 Å². The molecule has 0 radical (unpaired) electrons. The minimum absolute atomic E-state index is 1.08. The number of anilines is 3. The Kier molecular flexibility index (Phi) is 8.87. The number of fused-ring (bicyclic) bond motifs is 4. The van der Waals surface area contributed by atoms with Crippen LogP contribution in [0.4, 0.5) is 17.1 Å². The normalized spacial score (nSPS) is 11.3. The molecule has 11 aromatic rings. The van der Waals surface area contributed by atoms with Crippen LogP contribution in [0.3, 0.4) is 0 Å². The number of aromatic nitrogens is 1. The number of hydrogen-bond donors (Lipinski definition) is 0. The Bertz CT molecular complexity index is 3300. The first-order chi connectivity index (χ1) is 29.8. The van der Waals surface area contributed by atoms with Crippen molar-refractivity contribution in [1.29, 1.82) is 0 Å². The van der Waals surface area contributed by atoms with Crippen molar-refractivity contribution in [2.75, 3.05) is 4.90 Å². The summed E-state index contributed by atoms with van der Waals surface area (Å²) < 4.78 is 2.45. The van der Waals surface area contributed by atoms with Crippen LogP contribution in [-0.2, 0) is 0 Å². The fourth-order valence-corrected chi connectivity index (χ4v) is 9.14. The Morgan fingerprint density at radius 2 is 0.767 bits per heavy atom. The molecule has 1 heterocycles. The van der Waals surface area contributed by atoms with Gasteiger partial charge in [0.2, 0.25) is 0 Å². The zero-order chi connectivity index (χ0) is 39.8. The maximum absolute atomic E-state index is 2.45. The highest BCUT2D eigenvalue weighted by Crippen LogP contribution is 2.48. The Balaban J connectivity index is 1.14. The summed E-state index contributed by atoms with van der Waals surface area (Å²) in [6, 6.07) is 87.9. The molecule has 10 aromatic carbocycles. The quantitative estimate of drug-likeness (QED) is 0.150. The van der Waals surface area contributed by atoms with E-state index in [0.29, 0.717) is 0 Å². The highest BCUT2D eigenvalue weighted by atomic mass is 15.1. The molecular formula is C58H40N2.